The zero-order valence-corrected chi connectivity index (χ0v) is 14.4. The minimum absolute atomic E-state index is 0.116. The smallest absolute Gasteiger partial charge is 0.234 e. The van der Waals surface area contributed by atoms with Crippen molar-refractivity contribution in [3.8, 4) is 0 Å². The number of imidazole rings is 1. The number of nitrogens with zero attached hydrogens (tertiary/aromatic N) is 3. The molecule has 0 aliphatic carbocycles. The number of nitrogens with one attached hydrogen (secondary N) is 1. The average molecular weight is 360 g/mol. The van der Waals surface area contributed by atoms with Crippen molar-refractivity contribution in [2.45, 2.75) is 11.7 Å². The SMILES string of the molecule is COCCn1c(SCC(=O)Nc2ccccc2F)nc2cccnc21. The highest BCUT2D eigenvalue weighted by Crippen LogP contribution is 2.23. The summed E-state index contributed by atoms with van der Waals surface area (Å²) in [7, 11) is 1.63. The van der Waals surface area contributed by atoms with Crippen LogP contribution in [-0.4, -0.2) is 39.9 Å². The highest BCUT2D eigenvalue weighted by atomic mass is 32.2. The Bertz CT molecular complexity index is 884. The van der Waals surface area contributed by atoms with Gasteiger partial charge in [0.25, 0.3) is 0 Å². The maximum Gasteiger partial charge on any atom is 0.234 e. The highest BCUT2D eigenvalue weighted by molar-refractivity contribution is 7.99. The first-order valence-corrected chi connectivity index (χ1v) is 8.65. The number of pyridine rings is 1. The van der Waals surface area contributed by atoms with Gasteiger partial charge in [-0.05, 0) is 24.3 Å². The van der Waals surface area contributed by atoms with Gasteiger partial charge >= 0.3 is 0 Å². The van der Waals surface area contributed by atoms with E-state index < -0.39 is 5.82 Å². The van der Waals surface area contributed by atoms with E-state index >= 15 is 0 Å². The van der Waals surface area contributed by atoms with Crippen LogP contribution in [0.3, 0.4) is 0 Å². The summed E-state index contributed by atoms with van der Waals surface area (Å²) in [6, 6.07) is 9.76. The number of anilines is 1. The van der Waals surface area contributed by atoms with E-state index in [-0.39, 0.29) is 17.3 Å². The van der Waals surface area contributed by atoms with Crippen molar-refractivity contribution in [1.29, 1.82) is 0 Å². The maximum absolute atomic E-state index is 13.6. The minimum atomic E-state index is -0.461. The fraction of sp³-hybridized carbons (Fsp3) is 0.235. The highest BCUT2D eigenvalue weighted by Gasteiger charge is 2.14. The normalized spacial score (nSPS) is 11.0. The molecular formula is C17H17FN4O2S. The van der Waals surface area contributed by atoms with Gasteiger partial charge in [0.1, 0.15) is 11.3 Å². The minimum Gasteiger partial charge on any atom is -0.383 e. The molecule has 0 aliphatic rings. The lowest BCUT2D eigenvalue weighted by atomic mass is 10.3. The Kier molecular flexibility index (Phi) is 5.62. The maximum atomic E-state index is 13.6. The Hall–Kier alpha value is -2.45. The summed E-state index contributed by atoms with van der Waals surface area (Å²) in [6.45, 7) is 1.10. The molecular weight excluding hydrogens is 343 g/mol. The first-order chi connectivity index (χ1) is 12.2. The lowest BCUT2D eigenvalue weighted by molar-refractivity contribution is -0.113. The summed E-state index contributed by atoms with van der Waals surface area (Å²) in [5, 5.41) is 3.24. The van der Waals surface area contributed by atoms with Crippen molar-refractivity contribution >= 4 is 34.5 Å². The van der Waals surface area contributed by atoms with Crippen LogP contribution >= 0.6 is 11.8 Å². The lowest BCUT2D eigenvalue weighted by Gasteiger charge is -2.08. The number of amides is 1. The molecule has 2 aromatic heterocycles. The largest absolute Gasteiger partial charge is 0.383 e. The number of hydrogen-bond donors (Lipinski definition) is 1. The van der Waals surface area contributed by atoms with Crippen molar-refractivity contribution in [2.75, 3.05) is 24.8 Å². The van der Waals surface area contributed by atoms with Crippen LogP contribution in [-0.2, 0) is 16.1 Å². The van der Waals surface area contributed by atoms with E-state index in [1.165, 1.54) is 23.9 Å². The van der Waals surface area contributed by atoms with Gasteiger partial charge in [-0.2, -0.15) is 0 Å². The van der Waals surface area contributed by atoms with Gasteiger partial charge in [0.05, 0.1) is 24.6 Å². The second kappa shape index (κ2) is 8.09. The van der Waals surface area contributed by atoms with E-state index in [0.717, 1.165) is 11.2 Å². The van der Waals surface area contributed by atoms with Crippen LogP contribution in [0, 0.1) is 5.82 Å². The van der Waals surface area contributed by atoms with Gasteiger partial charge in [0, 0.05) is 13.3 Å². The lowest BCUT2D eigenvalue weighted by Crippen LogP contribution is -2.15. The van der Waals surface area contributed by atoms with Crippen molar-refractivity contribution < 1.29 is 13.9 Å². The Morgan fingerprint density at radius 2 is 2.16 bits per heavy atom. The molecule has 130 valence electrons. The zero-order valence-electron chi connectivity index (χ0n) is 13.6. The van der Waals surface area contributed by atoms with Crippen molar-refractivity contribution in [3.05, 3.63) is 48.4 Å². The fourth-order valence-electron chi connectivity index (χ4n) is 2.31. The van der Waals surface area contributed by atoms with Gasteiger partial charge < -0.3 is 14.6 Å². The molecule has 0 saturated heterocycles. The molecule has 1 aromatic carbocycles. The van der Waals surface area contributed by atoms with Crippen LogP contribution in [0.15, 0.2) is 47.8 Å². The predicted octanol–water partition coefficient (Wildman–Crippen LogP) is 2.95. The number of rotatable bonds is 7. The van der Waals surface area contributed by atoms with Crippen molar-refractivity contribution in [2.24, 2.45) is 0 Å². The first-order valence-electron chi connectivity index (χ1n) is 7.66. The monoisotopic (exact) mass is 360 g/mol. The number of hydrogen-bond acceptors (Lipinski definition) is 5. The molecule has 6 nitrogen and oxygen atoms in total. The number of aromatic nitrogens is 3. The number of halogens is 1. The molecule has 0 bridgehead atoms. The summed E-state index contributed by atoms with van der Waals surface area (Å²) in [6.07, 6.45) is 1.70. The van der Waals surface area contributed by atoms with E-state index in [9.17, 15) is 9.18 Å². The predicted molar refractivity (Wildman–Crippen MR) is 95.2 cm³/mol. The van der Waals surface area contributed by atoms with Gasteiger partial charge in [-0.15, -0.1) is 0 Å². The molecule has 1 amide bonds. The molecule has 3 rings (SSSR count). The second-order valence-corrected chi connectivity index (χ2v) is 6.14. The second-order valence-electron chi connectivity index (χ2n) is 5.20. The fourth-order valence-corrected chi connectivity index (χ4v) is 3.14. The molecule has 0 radical (unpaired) electrons. The molecule has 1 N–H and O–H groups in total. The number of thioether (sulfide) groups is 1. The number of carbonyl (C=O) groups excluding carboxylic acids is 1. The number of ether oxygens (including phenoxy) is 1. The van der Waals surface area contributed by atoms with Crippen LogP contribution < -0.4 is 5.32 Å². The van der Waals surface area contributed by atoms with Gasteiger partial charge in [0.15, 0.2) is 10.8 Å². The summed E-state index contributed by atoms with van der Waals surface area (Å²) in [5.74, 6) is -0.643. The zero-order chi connectivity index (χ0) is 17.6. The molecule has 0 atom stereocenters. The molecule has 0 aliphatic heterocycles. The van der Waals surface area contributed by atoms with Crippen LogP contribution in [0.1, 0.15) is 0 Å². The number of para-hydroxylation sites is 1. The van der Waals surface area contributed by atoms with Crippen molar-refractivity contribution in [3.63, 3.8) is 0 Å². The Morgan fingerprint density at radius 1 is 1.32 bits per heavy atom. The van der Waals surface area contributed by atoms with Gasteiger partial charge in [0.2, 0.25) is 5.91 Å². The van der Waals surface area contributed by atoms with Crippen LogP contribution in [0.25, 0.3) is 11.2 Å². The summed E-state index contributed by atoms with van der Waals surface area (Å²) in [4.78, 5) is 21.0. The summed E-state index contributed by atoms with van der Waals surface area (Å²) < 4.78 is 20.6. The van der Waals surface area contributed by atoms with Gasteiger partial charge in [-0.3, -0.25) is 4.79 Å². The molecule has 0 spiro atoms. The molecule has 2 heterocycles. The molecule has 8 heteroatoms. The van der Waals surface area contributed by atoms with Crippen LogP contribution in [0.2, 0.25) is 0 Å². The third-order valence-electron chi connectivity index (χ3n) is 3.47. The number of fused-ring (bicyclic) bond motifs is 1. The third kappa shape index (κ3) is 4.15. The number of carbonyl (C=O) groups is 1. The van der Waals surface area contributed by atoms with Crippen molar-refractivity contribution in [1.82, 2.24) is 14.5 Å². The van der Waals surface area contributed by atoms with E-state index in [0.29, 0.717) is 18.3 Å². The Balaban J connectivity index is 1.72. The average Bonchev–Trinajstić information content (AvgIpc) is 2.98. The van der Waals surface area contributed by atoms with Gasteiger partial charge in [-0.1, -0.05) is 23.9 Å². The number of benzene rings is 1. The van der Waals surface area contributed by atoms with Gasteiger partial charge in [-0.25, -0.2) is 14.4 Å². The summed E-state index contributed by atoms with van der Waals surface area (Å²) >= 11 is 1.28. The third-order valence-corrected chi connectivity index (χ3v) is 4.44. The quantitative estimate of drug-likeness (QED) is 0.656. The van der Waals surface area contributed by atoms with E-state index in [4.69, 9.17) is 4.74 Å². The Morgan fingerprint density at radius 3 is 2.96 bits per heavy atom. The first kappa shape index (κ1) is 17.4. The Labute approximate surface area is 148 Å². The molecule has 0 saturated carbocycles. The number of methoxy groups -OCH3 is 1. The standard InChI is InChI=1S/C17H17FN4O2S/c1-24-10-9-22-16-14(7-4-8-19-16)21-17(22)25-11-15(23)20-13-6-3-2-5-12(13)18/h2-8H,9-11H2,1H3,(H,20,23). The topological polar surface area (TPSA) is 69.0 Å². The molecule has 3 aromatic rings. The molecule has 0 fully saturated rings. The van der Waals surface area contributed by atoms with E-state index in [2.05, 4.69) is 15.3 Å². The molecule has 0 unspecified atom stereocenters. The van der Waals surface area contributed by atoms with Crippen LogP contribution in [0.4, 0.5) is 10.1 Å². The molecule has 25 heavy (non-hydrogen) atoms. The van der Waals surface area contributed by atoms with Crippen LogP contribution in [0.5, 0.6) is 0 Å². The van der Waals surface area contributed by atoms with E-state index in [1.807, 2.05) is 16.7 Å². The summed E-state index contributed by atoms with van der Waals surface area (Å²) in [5.41, 5.74) is 1.68. The van der Waals surface area contributed by atoms with E-state index in [1.54, 1.807) is 25.4 Å².